The number of carbonyl (C=O) groups is 3. The van der Waals surface area contributed by atoms with Gasteiger partial charge in [-0.3, -0.25) is 24.6 Å². The van der Waals surface area contributed by atoms with Gasteiger partial charge in [0.05, 0.1) is 18.0 Å². The number of nitrogens with zero attached hydrogens (tertiary/aromatic N) is 1. The SMILES string of the molecule is CC(C)c1ccc(NC(=O)C2CC(=O)NC3NC(N4CCc5ccccc5C4)NC(=O)C32)cc1. The van der Waals surface area contributed by atoms with Gasteiger partial charge in [0.1, 0.15) is 6.29 Å². The van der Waals surface area contributed by atoms with Gasteiger partial charge < -0.3 is 16.0 Å². The standard InChI is InChI=1S/C26H31N5O3/c1-15(2)16-7-9-19(10-8-16)27-24(33)20-13-21(32)28-23-22(20)25(34)30-26(29-23)31-12-11-17-5-3-4-6-18(17)14-31/h3-10,15,20,22-23,26,29H,11-14H2,1-2H3,(H,27,33)(H,28,32)(H,30,34). The Morgan fingerprint density at radius 3 is 2.50 bits per heavy atom. The average Bonchev–Trinajstić information content (AvgIpc) is 2.83. The van der Waals surface area contributed by atoms with Crippen LogP contribution in [0.3, 0.4) is 0 Å². The van der Waals surface area contributed by atoms with Crippen molar-refractivity contribution in [3.63, 3.8) is 0 Å². The fraction of sp³-hybridized carbons (Fsp3) is 0.423. The Hall–Kier alpha value is -3.23. The molecule has 2 fully saturated rings. The van der Waals surface area contributed by atoms with Crippen LogP contribution in [0.25, 0.3) is 0 Å². The largest absolute Gasteiger partial charge is 0.340 e. The van der Waals surface area contributed by atoms with Gasteiger partial charge in [-0.05, 0) is 41.2 Å². The van der Waals surface area contributed by atoms with Gasteiger partial charge in [0.2, 0.25) is 17.7 Å². The summed E-state index contributed by atoms with van der Waals surface area (Å²) < 4.78 is 0. The molecule has 8 heteroatoms. The second-order valence-electron chi connectivity index (χ2n) is 9.71. The highest BCUT2D eigenvalue weighted by Crippen LogP contribution is 2.29. The summed E-state index contributed by atoms with van der Waals surface area (Å²) in [4.78, 5) is 41.0. The van der Waals surface area contributed by atoms with E-state index in [1.54, 1.807) is 0 Å². The molecule has 3 aliphatic rings. The van der Waals surface area contributed by atoms with E-state index in [0.717, 1.165) is 13.0 Å². The number of fused-ring (bicyclic) bond motifs is 2. The van der Waals surface area contributed by atoms with Gasteiger partial charge in [-0.15, -0.1) is 0 Å². The molecule has 4 unspecified atom stereocenters. The molecule has 2 aromatic carbocycles. The van der Waals surface area contributed by atoms with Gasteiger partial charge in [0, 0.05) is 25.2 Å². The van der Waals surface area contributed by atoms with Crippen LogP contribution in [-0.4, -0.2) is 41.6 Å². The van der Waals surface area contributed by atoms with Crippen molar-refractivity contribution in [2.45, 2.75) is 51.6 Å². The van der Waals surface area contributed by atoms with Crippen molar-refractivity contribution in [3.05, 3.63) is 65.2 Å². The first-order chi connectivity index (χ1) is 16.4. The smallest absolute Gasteiger partial charge is 0.229 e. The van der Waals surface area contributed by atoms with Gasteiger partial charge in [0.25, 0.3) is 0 Å². The molecule has 0 bridgehead atoms. The maximum absolute atomic E-state index is 13.2. The normalized spacial score (nSPS) is 26.8. The summed E-state index contributed by atoms with van der Waals surface area (Å²) in [6, 6.07) is 16.0. The van der Waals surface area contributed by atoms with Crippen molar-refractivity contribution in [2.75, 3.05) is 11.9 Å². The van der Waals surface area contributed by atoms with Gasteiger partial charge in [-0.1, -0.05) is 50.2 Å². The molecule has 0 aliphatic carbocycles. The van der Waals surface area contributed by atoms with E-state index in [2.05, 4.69) is 52.1 Å². The van der Waals surface area contributed by atoms with Crippen LogP contribution in [0.4, 0.5) is 5.69 Å². The average molecular weight is 462 g/mol. The molecule has 178 valence electrons. The molecule has 4 atom stereocenters. The molecule has 2 aromatic rings. The molecule has 4 N–H and O–H groups in total. The van der Waals surface area contributed by atoms with E-state index in [1.807, 2.05) is 36.4 Å². The summed E-state index contributed by atoms with van der Waals surface area (Å²) in [5.74, 6) is -1.81. The lowest BCUT2D eigenvalue weighted by Crippen LogP contribution is -2.74. The van der Waals surface area contributed by atoms with E-state index in [0.29, 0.717) is 18.2 Å². The number of hydrogen-bond acceptors (Lipinski definition) is 5. The lowest BCUT2D eigenvalue weighted by atomic mass is 9.81. The molecule has 3 amide bonds. The van der Waals surface area contributed by atoms with E-state index in [9.17, 15) is 14.4 Å². The highest BCUT2D eigenvalue weighted by atomic mass is 16.2. The van der Waals surface area contributed by atoms with Crippen molar-refractivity contribution >= 4 is 23.4 Å². The molecule has 3 aliphatic heterocycles. The van der Waals surface area contributed by atoms with Crippen LogP contribution in [0, 0.1) is 11.8 Å². The zero-order chi connectivity index (χ0) is 23.8. The first-order valence-corrected chi connectivity index (χ1v) is 12.0. The molecule has 3 heterocycles. The first-order valence-electron chi connectivity index (χ1n) is 12.0. The predicted octanol–water partition coefficient (Wildman–Crippen LogP) is 1.89. The summed E-state index contributed by atoms with van der Waals surface area (Å²) in [5.41, 5.74) is 4.39. The molecular weight excluding hydrogens is 430 g/mol. The summed E-state index contributed by atoms with van der Waals surface area (Å²) in [6.07, 6.45) is -0.136. The molecule has 5 rings (SSSR count). The molecule has 0 aromatic heterocycles. The second kappa shape index (κ2) is 9.19. The van der Waals surface area contributed by atoms with Crippen molar-refractivity contribution < 1.29 is 14.4 Å². The quantitative estimate of drug-likeness (QED) is 0.557. The van der Waals surface area contributed by atoms with Crippen LogP contribution in [0.2, 0.25) is 0 Å². The van der Waals surface area contributed by atoms with Gasteiger partial charge >= 0.3 is 0 Å². The molecular formula is C26H31N5O3. The molecule has 0 saturated carbocycles. The Morgan fingerprint density at radius 2 is 1.76 bits per heavy atom. The summed E-state index contributed by atoms with van der Waals surface area (Å²) >= 11 is 0. The van der Waals surface area contributed by atoms with Crippen LogP contribution in [0.5, 0.6) is 0 Å². The Kier molecular flexibility index (Phi) is 6.10. The van der Waals surface area contributed by atoms with E-state index in [4.69, 9.17) is 0 Å². The van der Waals surface area contributed by atoms with Gasteiger partial charge in [-0.2, -0.15) is 0 Å². The van der Waals surface area contributed by atoms with Crippen molar-refractivity contribution in [3.8, 4) is 0 Å². The minimum atomic E-state index is -0.751. The molecule has 2 saturated heterocycles. The van der Waals surface area contributed by atoms with Gasteiger partial charge in [0.15, 0.2) is 0 Å². The zero-order valence-corrected chi connectivity index (χ0v) is 19.5. The zero-order valence-electron chi connectivity index (χ0n) is 19.5. The third kappa shape index (κ3) is 4.43. The summed E-state index contributed by atoms with van der Waals surface area (Å²) in [5, 5.41) is 12.2. The number of benzene rings is 2. The predicted molar refractivity (Wildman–Crippen MR) is 128 cm³/mol. The fourth-order valence-electron chi connectivity index (χ4n) is 5.18. The Balaban J connectivity index is 1.29. The third-order valence-electron chi connectivity index (χ3n) is 7.14. The number of rotatable bonds is 4. The topological polar surface area (TPSA) is 103 Å². The second-order valence-corrected chi connectivity index (χ2v) is 9.71. The highest BCUT2D eigenvalue weighted by molar-refractivity contribution is 6.00. The Morgan fingerprint density at radius 1 is 1.03 bits per heavy atom. The lowest BCUT2D eigenvalue weighted by Gasteiger charge is -2.47. The van der Waals surface area contributed by atoms with Crippen molar-refractivity contribution in [2.24, 2.45) is 11.8 Å². The molecule has 0 spiro atoms. The third-order valence-corrected chi connectivity index (χ3v) is 7.14. The lowest BCUT2D eigenvalue weighted by molar-refractivity contribution is -0.147. The Bertz CT molecular complexity index is 1100. The van der Waals surface area contributed by atoms with E-state index < -0.39 is 24.3 Å². The van der Waals surface area contributed by atoms with Crippen LogP contribution < -0.4 is 21.3 Å². The van der Waals surface area contributed by atoms with Crippen LogP contribution in [0.15, 0.2) is 48.5 Å². The van der Waals surface area contributed by atoms with Crippen molar-refractivity contribution in [1.82, 2.24) is 20.9 Å². The van der Waals surface area contributed by atoms with Crippen LogP contribution in [0.1, 0.15) is 42.9 Å². The van der Waals surface area contributed by atoms with E-state index >= 15 is 0 Å². The number of carbonyl (C=O) groups excluding carboxylic acids is 3. The summed E-state index contributed by atoms with van der Waals surface area (Å²) in [7, 11) is 0. The monoisotopic (exact) mass is 461 g/mol. The maximum Gasteiger partial charge on any atom is 0.229 e. The number of piperidine rings is 1. The number of nitrogens with one attached hydrogen (secondary N) is 4. The van der Waals surface area contributed by atoms with E-state index in [1.165, 1.54) is 16.7 Å². The first kappa shape index (κ1) is 22.6. The summed E-state index contributed by atoms with van der Waals surface area (Å²) in [6.45, 7) is 5.71. The number of hydrogen-bond donors (Lipinski definition) is 4. The molecule has 8 nitrogen and oxygen atoms in total. The van der Waals surface area contributed by atoms with Crippen LogP contribution in [-0.2, 0) is 27.3 Å². The highest BCUT2D eigenvalue weighted by Gasteiger charge is 2.49. The van der Waals surface area contributed by atoms with E-state index in [-0.39, 0.29) is 24.1 Å². The maximum atomic E-state index is 13.2. The minimum Gasteiger partial charge on any atom is -0.340 e. The molecule has 34 heavy (non-hydrogen) atoms. The molecule has 0 radical (unpaired) electrons. The number of amides is 3. The Labute approximate surface area is 199 Å². The van der Waals surface area contributed by atoms with Crippen LogP contribution >= 0.6 is 0 Å². The fourth-order valence-corrected chi connectivity index (χ4v) is 5.18. The number of anilines is 1. The van der Waals surface area contributed by atoms with Crippen molar-refractivity contribution in [1.29, 1.82) is 0 Å². The van der Waals surface area contributed by atoms with Gasteiger partial charge in [-0.25, -0.2) is 0 Å². The minimum absolute atomic E-state index is 0.0199.